The van der Waals surface area contributed by atoms with Gasteiger partial charge in [-0.1, -0.05) is 35.0 Å². The number of anilines is 1. The van der Waals surface area contributed by atoms with Crippen LogP contribution in [0.4, 0.5) is 10.5 Å². The number of H-pyrrole nitrogens is 1. The second kappa shape index (κ2) is 8.34. The van der Waals surface area contributed by atoms with E-state index in [0.29, 0.717) is 35.9 Å². The number of urea groups is 1. The minimum absolute atomic E-state index is 0.0310. The molecule has 2 aromatic carbocycles. The fraction of sp³-hybridized carbons (Fsp3) is 0.208. The second-order valence-corrected chi connectivity index (χ2v) is 8.06. The van der Waals surface area contributed by atoms with Gasteiger partial charge in [-0.25, -0.2) is 9.78 Å². The molecule has 0 unspecified atom stereocenters. The zero-order chi connectivity index (χ0) is 22.9. The highest BCUT2D eigenvalue weighted by molar-refractivity contribution is 5.95. The summed E-state index contributed by atoms with van der Waals surface area (Å²) in [7, 11) is 0. The highest BCUT2D eigenvalue weighted by Gasteiger charge is 2.36. The summed E-state index contributed by atoms with van der Waals surface area (Å²) in [5.74, 6) is 0.788. The van der Waals surface area contributed by atoms with Gasteiger partial charge >= 0.3 is 6.03 Å². The Morgan fingerprint density at radius 3 is 2.61 bits per heavy atom. The van der Waals surface area contributed by atoms with Crippen molar-refractivity contribution in [1.82, 2.24) is 25.0 Å². The molecule has 1 aliphatic heterocycles. The largest absolute Gasteiger partial charge is 0.347 e. The lowest BCUT2D eigenvalue weighted by Crippen LogP contribution is -2.41. The number of benzene rings is 2. The Morgan fingerprint density at radius 2 is 1.88 bits per heavy atom. The number of carbonyl (C=O) groups excluding carboxylic acids is 2. The van der Waals surface area contributed by atoms with E-state index in [0.717, 1.165) is 22.5 Å². The Bertz CT molecular complexity index is 1310. The van der Waals surface area contributed by atoms with Crippen LogP contribution in [-0.4, -0.2) is 36.8 Å². The van der Waals surface area contributed by atoms with E-state index in [4.69, 9.17) is 4.52 Å². The molecule has 0 radical (unpaired) electrons. The van der Waals surface area contributed by atoms with Crippen LogP contribution in [-0.2, 0) is 13.0 Å². The maximum absolute atomic E-state index is 13.2. The highest BCUT2D eigenvalue weighted by Crippen LogP contribution is 2.32. The lowest BCUT2D eigenvalue weighted by atomic mass is 10.0. The Balaban J connectivity index is 1.42. The van der Waals surface area contributed by atoms with Gasteiger partial charge in [0.15, 0.2) is 5.78 Å². The van der Waals surface area contributed by atoms with Crippen LogP contribution in [0.5, 0.6) is 0 Å². The standard InChI is InChI=1S/C24H22N6O3/c1-14-3-5-17(6-4-14)22-28-23(33-29-22)21-11-19-20(26-13-25-19)12-30(21)24(32)27-18-9-7-16(8-10-18)15(2)31/h3-10,13,21H,11-12H2,1-2H3,(H,25,26)(H,27,32)/t21-/m0/s1. The smallest absolute Gasteiger partial charge is 0.322 e. The molecule has 2 N–H and O–H groups in total. The van der Waals surface area contributed by atoms with Gasteiger partial charge < -0.3 is 19.7 Å². The monoisotopic (exact) mass is 442 g/mol. The van der Waals surface area contributed by atoms with E-state index in [9.17, 15) is 9.59 Å². The van der Waals surface area contributed by atoms with E-state index >= 15 is 0 Å². The highest BCUT2D eigenvalue weighted by atomic mass is 16.5. The zero-order valence-corrected chi connectivity index (χ0v) is 18.2. The molecule has 2 aromatic heterocycles. The predicted molar refractivity (Wildman–Crippen MR) is 121 cm³/mol. The third-order valence-corrected chi connectivity index (χ3v) is 5.74. The lowest BCUT2D eigenvalue weighted by Gasteiger charge is -2.32. The fourth-order valence-corrected chi connectivity index (χ4v) is 3.84. The summed E-state index contributed by atoms with van der Waals surface area (Å²) < 4.78 is 5.59. The van der Waals surface area contributed by atoms with Crippen molar-refractivity contribution < 1.29 is 14.1 Å². The van der Waals surface area contributed by atoms with Crippen LogP contribution < -0.4 is 5.32 Å². The summed E-state index contributed by atoms with van der Waals surface area (Å²) >= 11 is 0. The predicted octanol–water partition coefficient (Wildman–Crippen LogP) is 4.30. The van der Waals surface area contributed by atoms with Gasteiger partial charge in [0.1, 0.15) is 6.04 Å². The first-order chi connectivity index (χ1) is 16.0. The number of ketones is 1. The number of rotatable bonds is 4. The number of fused-ring (bicyclic) bond motifs is 1. The van der Waals surface area contributed by atoms with E-state index in [1.807, 2.05) is 31.2 Å². The van der Waals surface area contributed by atoms with Crippen LogP contribution >= 0.6 is 0 Å². The molecule has 5 rings (SSSR count). The molecule has 1 atom stereocenters. The molecule has 0 aliphatic carbocycles. The van der Waals surface area contributed by atoms with Gasteiger partial charge in [-0.3, -0.25) is 4.79 Å². The molecule has 9 nitrogen and oxygen atoms in total. The quantitative estimate of drug-likeness (QED) is 0.455. The summed E-state index contributed by atoms with van der Waals surface area (Å²) in [5, 5.41) is 7.03. The van der Waals surface area contributed by atoms with Gasteiger partial charge in [-0.2, -0.15) is 4.98 Å². The minimum Gasteiger partial charge on any atom is -0.347 e. The second-order valence-electron chi connectivity index (χ2n) is 8.06. The van der Waals surface area contributed by atoms with Crippen molar-refractivity contribution in [2.24, 2.45) is 0 Å². The van der Waals surface area contributed by atoms with Crippen molar-refractivity contribution >= 4 is 17.5 Å². The number of amides is 2. The van der Waals surface area contributed by atoms with Crippen LogP contribution in [0.25, 0.3) is 11.4 Å². The summed E-state index contributed by atoms with van der Waals surface area (Å²) in [4.78, 5) is 38.5. The first kappa shape index (κ1) is 20.6. The Labute approximate surface area is 189 Å². The van der Waals surface area contributed by atoms with Crippen LogP contribution in [0, 0.1) is 6.92 Å². The SMILES string of the molecule is CC(=O)c1ccc(NC(=O)N2Cc3[nH]cnc3C[C@H]2c2nc(-c3ccc(C)cc3)no2)cc1. The maximum Gasteiger partial charge on any atom is 0.322 e. The van der Waals surface area contributed by atoms with Gasteiger partial charge in [-0.15, -0.1) is 0 Å². The molecule has 2 amide bonds. The third-order valence-electron chi connectivity index (χ3n) is 5.74. The normalized spacial score (nSPS) is 15.2. The van der Waals surface area contributed by atoms with Crippen molar-refractivity contribution in [1.29, 1.82) is 0 Å². The van der Waals surface area contributed by atoms with Gasteiger partial charge in [0.05, 0.1) is 24.3 Å². The van der Waals surface area contributed by atoms with Crippen LogP contribution in [0.2, 0.25) is 0 Å². The van der Waals surface area contributed by atoms with Gasteiger partial charge in [-0.05, 0) is 38.1 Å². The number of carbonyl (C=O) groups is 2. The summed E-state index contributed by atoms with van der Waals surface area (Å²) in [6.45, 7) is 3.84. The van der Waals surface area contributed by atoms with E-state index in [1.165, 1.54) is 6.92 Å². The van der Waals surface area contributed by atoms with E-state index < -0.39 is 6.04 Å². The summed E-state index contributed by atoms with van der Waals surface area (Å²) in [5.41, 5.74) is 4.88. The average Bonchev–Trinajstić information content (AvgIpc) is 3.48. The summed E-state index contributed by atoms with van der Waals surface area (Å²) in [6.07, 6.45) is 2.07. The number of hydrogen-bond acceptors (Lipinski definition) is 6. The first-order valence-corrected chi connectivity index (χ1v) is 10.6. The molecule has 0 spiro atoms. The molecular weight excluding hydrogens is 420 g/mol. The summed E-state index contributed by atoms with van der Waals surface area (Å²) in [6, 6.07) is 13.8. The number of aryl methyl sites for hydroxylation is 1. The van der Waals surface area contributed by atoms with Crippen molar-refractivity contribution in [2.45, 2.75) is 32.9 Å². The molecule has 1 aliphatic rings. The molecule has 0 bridgehead atoms. The number of aromatic nitrogens is 4. The molecule has 33 heavy (non-hydrogen) atoms. The molecule has 4 aromatic rings. The maximum atomic E-state index is 13.2. The van der Waals surface area contributed by atoms with Crippen molar-refractivity contribution in [3.8, 4) is 11.4 Å². The first-order valence-electron chi connectivity index (χ1n) is 10.6. The van der Waals surface area contributed by atoms with Crippen LogP contribution in [0.15, 0.2) is 59.4 Å². The molecule has 166 valence electrons. The number of aromatic amines is 1. The van der Waals surface area contributed by atoms with Crippen LogP contribution in [0.3, 0.4) is 0 Å². The van der Waals surface area contributed by atoms with Crippen molar-refractivity contribution in [2.75, 3.05) is 5.32 Å². The number of imidazole rings is 1. The van der Waals surface area contributed by atoms with Gasteiger partial charge in [0.2, 0.25) is 11.7 Å². The zero-order valence-electron chi connectivity index (χ0n) is 18.2. The van der Waals surface area contributed by atoms with E-state index in [2.05, 4.69) is 25.4 Å². The number of nitrogens with zero attached hydrogens (tertiary/aromatic N) is 4. The molecule has 3 heterocycles. The molecule has 0 saturated heterocycles. The average molecular weight is 442 g/mol. The Hall–Kier alpha value is -4.27. The van der Waals surface area contributed by atoms with Gasteiger partial charge in [0.25, 0.3) is 0 Å². The Morgan fingerprint density at radius 1 is 1.12 bits per heavy atom. The number of nitrogens with one attached hydrogen (secondary N) is 2. The number of hydrogen-bond donors (Lipinski definition) is 2. The van der Waals surface area contributed by atoms with Crippen LogP contribution in [0.1, 0.15) is 46.2 Å². The Kier molecular flexibility index (Phi) is 5.21. The number of Topliss-reactive ketones (excluding diaryl/α,β-unsaturated/α-hetero) is 1. The molecule has 0 fully saturated rings. The van der Waals surface area contributed by atoms with Crippen molar-refractivity contribution in [3.05, 3.63) is 83.3 Å². The third kappa shape index (κ3) is 4.12. The molecule has 9 heteroatoms. The molecular formula is C24H22N6O3. The van der Waals surface area contributed by atoms with Crippen molar-refractivity contribution in [3.63, 3.8) is 0 Å². The van der Waals surface area contributed by atoms with E-state index in [-0.39, 0.29) is 11.8 Å². The minimum atomic E-state index is -0.469. The topological polar surface area (TPSA) is 117 Å². The lowest BCUT2D eigenvalue weighted by molar-refractivity contribution is 0.101. The molecule has 0 saturated carbocycles. The van der Waals surface area contributed by atoms with E-state index in [1.54, 1.807) is 35.5 Å². The fourth-order valence-electron chi connectivity index (χ4n) is 3.84. The van der Waals surface area contributed by atoms with Gasteiger partial charge in [0, 0.05) is 23.2 Å².